The summed E-state index contributed by atoms with van der Waals surface area (Å²) in [6.07, 6.45) is 1.09. The van der Waals surface area contributed by atoms with Gasteiger partial charge in [0.2, 0.25) is 0 Å². The van der Waals surface area contributed by atoms with Crippen LogP contribution in [0.25, 0.3) is 0 Å². The predicted octanol–water partition coefficient (Wildman–Crippen LogP) is 1.57. The first kappa shape index (κ1) is 12.8. The fourth-order valence-corrected chi connectivity index (χ4v) is 1.98. The lowest BCUT2D eigenvalue weighted by molar-refractivity contribution is -0.137. The molecule has 0 aromatic heterocycles. The summed E-state index contributed by atoms with van der Waals surface area (Å²) in [6, 6.07) is -0.718. The van der Waals surface area contributed by atoms with Crippen molar-refractivity contribution >= 4 is 17.7 Å². The highest BCUT2D eigenvalue weighted by atomic mass is 32.2. The van der Waals surface area contributed by atoms with Crippen LogP contribution in [0.2, 0.25) is 0 Å². The molecule has 0 aliphatic carbocycles. The second kappa shape index (κ2) is 5.50. The maximum Gasteiger partial charge on any atom is 0.321 e. The minimum Gasteiger partial charge on any atom is -0.480 e. The Morgan fingerprint density at radius 1 is 1.54 bits per heavy atom. The summed E-state index contributed by atoms with van der Waals surface area (Å²) in [4.78, 5) is 10.4. The van der Waals surface area contributed by atoms with Crippen molar-refractivity contribution in [2.45, 2.75) is 33.2 Å². The van der Waals surface area contributed by atoms with Gasteiger partial charge in [-0.3, -0.25) is 4.79 Å². The number of nitrogens with two attached hydrogens (primary N) is 1. The topological polar surface area (TPSA) is 63.3 Å². The Morgan fingerprint density at radius 3 is 2.46 bits per heavy atom. The Labute approximate surface area is 84.1 Å². The maximum atomic E-state index is 10.4. The Morgan fingerprint density at radius 2 is 2.08 bits per heavy atom. The van der Waals surface area contributed by atoms with E-state index in [1.54, 1.807) is 11.8 Å². The number of aliphatic carboxylic acids is 1. The van der Waals surface area contributed by atoms with Gasteiger partial charge in [-0.2, -0.15) is 11.8 Å². The van der Waals surface area contributed by atoms with Crippen LogP contribution in [-0.4, -0.2) is 28.6 Å². The van der Waals surface area contributed by atoms with Gasteiger partial charge in [0.15, 0.2) is 0 Å². The second-order valence-corrected chi connectivity index (χ2v) is 5.48. The monoisotopic (exact) mass is 205 g/mol. The number of carbonyl (C=O) groups is 1. The van der Waals surface area contributed by atoms with E-state index in [9.17, 15) is 4.79 Å². The largest absolute Gasteiger partial charge is 0.480 e. The summed E-state index contributed by atoms with van der Waals surface area (Å²) in [6.45, 7) is 6.51. The van der Waals surface area contributed by atoms with Gasteiger partial charge in [-0.05, 0) is 17.6 Å². The third kappa shape index (κ3) is 8.12. The van der Waals surface area contributed by atoms with Gasteiger partial charge in [0.1, 0.15) is 6.04 Å². The SMILES string of the molecule is CC(C)(C)CCSC[C@H](N)C(=O)O. The van der Waals surface area contributed by atoms with Crippen LogP contribution in [0.15, 0.2) is 0 Å². The summed E-state index contributed by atoms with van der Waals surface area (Å²) in [5.74, 6) is 0.568. The molecule has 0 amide bonds. The molecule has 3 N–H and O–H groups in total. The van der Waals surface area contributed by atoms with E-state index in [1.165, 1.54) is 0 Å². The molecule has 0 rings (SSSR count). The zero-order valence-electron chi connectivity index (χ0n) is 8.54. The van der Waals surface area contributed by atoms with E-state index in [1.807, 2.05) is 0 Å². The van der Waals surface area contributed by atoms with Gasteiger partial charge >= 0.3 is 5.97 Å². The van der Waals surface area contributed by atoms with Crippen LogP contribution in [0.4, 0.5) is 0 Å². The predicted molar refractivity (Wildman–Crippen MR) is 57.0 cm³/mol. The van der Waals surface area contributed by atoms with Crippen molar-refractivity contribution in [3.63, 3.8) is 0 Å². The molecule has 0 spiro atoms. The van der Waals surface area contributed by atoms with Crippen LogP contribution in [0.5, 0.6) is 0 Å². The summed E-state index contributed by atoms with van der Waals surface area (Å²) >= 11 is 1.61. The van der Waals surface area contributed by atoms with Gasteiger partial charge in [0.05, 0.1) is 0 Å². The fourth-order valence-electron chi connectivity index (χ4n) is 0.660. The van der Waals surface area contributed by atoms with Gasteiger partial charge in [0, 0.05) is 5.75 Å². The molecule has 0 unspecified atom stereocenters. The van der Waals surface area contributed by atoms with E-state index in [4.69, 9.17) is 10.8 Å². The molecule has 0 aliphatic rings. The van der Waals surface area contributed by atoms with Crippen LogP contribution in [0.3, 0.4) is 0 Å². The Hall–Kier alpha value is -0.220. The first-order valence-electron chi connectivity index (χ1n) is 4.39. The molecule has 13 heavy (non-hydrogen) atoms. The first-order valence-corrected chi connectivity index (χ1v) is 5.54. The van der Waals surface area contributed by atoms with Crippen molar-refractivity contribution in [2.24, 2.45) is 11.1 Å². The van der Waals surface area contributed by atoms with E-state index >= 15 is 0 Å². The van der Waals surface area contributed by atoms with Gasteiger partial charge in [0.25, 0.3) is 0 Å². The number of carboxylic acid groups (broad SMARTS) is 1. The molecule has 78 valence electrons. The molecule has 0 aliphatic heterocycles. The highest BCUT2D eigenvalue weighted by molar-refractivity contribution is 7.99. The van der Waals surface area contributed by atoms with Crippen LogP contribution in [0, 0.1) is 5.41 Å². The number of carboxylic acids is 1. The normalized spacial score (nSPS) is 14.2. The van der Waals surface area contributed by atoms with E-state index in [-0.39, 0.29) is 0 Å². The van der Waals surface area contributed by atoms with Gasteiger partial charge in [-0.25, -0.2) is 0 Å². The highest BCUT2D eigenvalue weighted by Gasteiger charge is 2.13. The lowest BCUT2D eigenvalue weighted by atomic mass is 9.94. The van der Waals surface area contributed by atoms with Crippen molar-refractivity contribution in [2.75, 3.05) is 11.5 Å². The molecule has 1 atom stereocenters. The average Bonchev–Trinajstić information content (AvgIpc) is 1.95. The third-order valence-corrected chi connectivity index (χ3v) is 2.70. The molecule has 0 saturated carbocycles. The van der Waals surface area contributed by atoms with Crippen LogP contribution in [-0.2, 0) is 4.79 Å². The second-order valence-electron chi connectivity index (χ2n) is 4.33. The van der Waals surface area contributed by atoms with Crippen molar-refractivity contribution in [1.82, 2.24) is 0 Å². The fraction of sp³-hybridized carbons (Fsp3) is 0.889. The summed E-state index contributed by atoms with van der Waals surface area (Å²) in [5.41, 5.74) is 5.67. The van der Waals surface area contributed by atoms with Crippen LogP contribution < -0.4 is 5.73 Å². The lowest BCUT2D eigenvalue weighted by Gasteiger charge is -2.17. The quantitative estimate of drug-likeness (QED) is 0.669. The molecule has 0 aromatic rings. The summed E-state index contributed by atoms with van der Waals surface area (Å²) in [5, 5.41) is 8.50. The van der Waals surface area contributed by atoms with Crippen molar-refractivity contribution in [1.29, 1.82) is 0 Å². The van der Waals surface area contributed by atoms with Crippen LogP contribution >= 0.6 is 11.8 Å². The number of hydrogen-bond acceptors (Lipinski definition) is 3. The van der Waals surface area contributed by atoms with E-state index in [0.717, 1.165) is 12.2 Å². The summed E-state index contributed by atoms with van der Waals surface area (Å²) < 4.78 is 0. The molecule has 0 bridgehead atoms. The number of hydrogen-bond donors (Lipinski definition) is 2. The highest BCUT2D eigenvalue weighted by Crippen LogP contribution is 2.21. The maximum absolute atomic E-state index is 10.4. The van der Waals surface area contributed by atoms with E-state index < -0.39 is 12.0 Å². The summed E-state index contributed by atoms with van der Waals surface area (Å²) in [7, 11) is 0. The minimum atomic E-state index is -0.914. The Kier molecular flexibility index (Phi) is 5.40. The van der Waals surface area contributed by atoms with Crippen molar-refractivity contribution in [3.8, 4) is 0 Å². The molecular formula is C9H19NO2S. The smallest absolute Gasteiger partial charge is 0.321 e. The van der Waals surface area contributed by atoms with Gasteiger partial charge < -0.3 is 10.8 Å². The zero-order valence-corrected chi connectivity index (χ0v) is 9.36. The first-order chi connectivity index (χ1) is 5.83. The molecule has 0 saturated heterocycles. The third-order valence-electron chi connectivity index (χ3n) is 1.61. The van der Waals surface area contributed by atoms with E-state index in [2.05, 4.69) is 20.8 Å². The van der Waals surface area contributed by atoms with Gasteiger partial charge in [-0.15, -0.1) is 0 Å². The Bertz CT molecular complexity index is 165. The van der Waals surface area contributed by atoms with Gasteiger partial charge in [-0.1, -0.05) is 20.8 Å². The average molecular weight is 205 g/mol. The Balaban J connectivity index is 3.41. The molecule has 3 nitrogen and oxygen atoms in total. The minimum absolute atomic E-state index is 0.320. The van der Waals surface area contributed by atoms with Crippen molar-refractivity contribution in [3.05, 3.63) is 0 Å². The van der Waals surface area contributed by atoms with Crippen molar-refractivity contribution < 1.29 is 9.90 Å². The zero-order chi connectivity index (χ0) is 10.5. The molecule has 0 heterocycles. The molecule has 0 radical (unpaired) electrons. The molecular weight excluding hydrogens is 186 g/mol. The molecule has 4 heteroatoms. The standard InChI is InChI=1S/C9H19NO2S/c1-9(2,3)4-5-13-6-7(10)8(11)12/h7H,4-6,10H2,1-3H3,(H,11,12)/t7-/m0/s1. The van der Waals surface area contributed by atoms with E-state index in [0.29, 0.717) is 11.2 Å². The molecule has 0 aromatic carbocycles. The van der Waals surface area contributed by atoms with Crippen LogP contribution in [0.1, 0.15) is 27.2 Å². The lowest BCUT2D eigenvalue weighted by Crippen LogP contribution is -2.32. The number of thioether (sulfide) groups is 1. The molecule has 0 fully saturated rings. The number of rotatable bonds is 5.